The van der Waals surface area contributed by atoms with Crippen molar-refractivity contribution in [2.45, 2.75) is 0 Å². The van der Waals surface area contributed by atoms with E-state index in [-0.39, 0.29) is 0 Å². The summed E-state index contributed by atoms with van der Waals surface area (Å²) in [6, 6.07) is 3.77. The molecule has 0 unspecified atom stereocenters. The molecule has 1 aromatic rings. The highest BCUT2D eigenvalue weighted by molar-refractivity contribution is 5.67. The summed E-state index contributed by atoms with van der Waals surface area (Å²) < 4.78 is 0. The summed E-state index contributed by atoms with van der Waals surface area (Å²) in [6.07, 6.45) is 13.5. The van der Waals surface area contributed by atoms with Crippen molar-refractivity contribution < 1.29 is 5.21 Å². The van der Waals surface area contributed by atoms with Crippen molar-refractivity contribution in [3.63, 3.8) is 0 Å². The number of rotatable bonds is 2. The largest absolute Gasteiger partial charge is 0.387 e. The van der Waals surface area contributed by atoms with Gasteiger partial charge in [-0.25, -0.2) is 0 Å². The van der Waals surface area contributed by atoms with Crippen LogP contribution in [0.3, 0.4) is 0 Å². The highest BCUT2D eigenvalue weighted by atomic mass is 16.5. The van der Waals surface area contributed by atoms with E-state index < -0.39 is 0 Å². The quantitative estimate of drug-likeness (QED) is 0.847. The molecule has 0 spiro atoms. The molecule has 0 amide bonds. The number of nitrogens with zero attached hydrogens (tertiary/aromatic N) is 2. The van der Waals surface area contributed by atoms with E-state index in [1.807, 2.05) is 30.5 Å². The number of nitrogens with one attached hydrogen (secondary N) is 1. The third kappa shape index (κ3) is 2.44. The SMILES string of the molecule is ON1CC(C2=CCNC=C2)=CC=C1c1ccncc1. The van der Waals surface area contributed by atoms with Crippen LogP contribution in [0.15, 0.2) is 66.2 Å². The Morgan fingerprint density at radius 2 is 2.05 bits per heavy atom. The molecular formula is C15H15N3O. The number of allylic oxidation sites excluding steroid dienone is 3. The van der Waals surface area contributed by atoms with Crippen LogP contribution in [0.4, 0.5) is 0 Å². The Bertz CT molecular complexity index is 585. The summed E-state index contributed by atoms with van der Waals surface area (Å²) in [5.74, 6) is 0. The molecule has 0 aliphatic carbocycles. The normalized spacial score (nSPS) is 18.4. The summed E-state index contributed by atoms with van der Waals surface area (Å²) >= 11 is 0. The summed E-state index contributed by atoms with van der Waals surface area (Å²) in [4.78, 5) is 3.99. The van der Waals surface area contributed by atoms with Crippen LogP contribution in [0.25, 0.3) is 5.70 Å². The monoisotopic (exact) mass is 253 g/mol. The summed E-state index contributed by atoms with van der Waals surface area (Å²) in [7, 11) is 0. The molecule has 0 saturated carbocycles. The number of hydrogen-bond acceptors (Lipinski definition) is 4. The highest BCUT2D eigenvalue weighted by Crippen LogP contribution is 2.26. The predicted molar refractivity (Wildman–Crippen MR) is 74.0 cm³/mol. The molecule has 4 heteroatoms. The molecule has 0 radical (unpaired) electrons. The van der Waals surface area contributed by atoms with Gasteiger partial charge in [-0.05, 0) is 41.6 Å². The molecule has 2 aliphatic heterocycles. The van der Waals surface area contributed by atoms with Crippen LogP contribution in [0.2, 0.25) is 0 Å². The van der Waals surface area contributed by atoms with Crippen LogP contribution in [0, 0.1) is 0 Å². The molecule has 0 saturated heterocycles. The standard InChI is InChI=1S/C15H15N3O/c19-18-11-14(12-3-7-16-8-4-12)1-2-15(18)13-5-9-17-10-6-13/h1-7,9-10,16,19H,8,11H2. The zero-order valence-electron chi connectivity index (χ0n) is 10.5. The second-order valence-corrected chi connectivity index (χ2v) is 4.44. The van der Waals surface area contributed by atoms with E-state index in [9.17, 15) is 5.21 Å². The smallest absolute Gasteiger partial charge is 0.0711 e. The first kappa shape index (κ1) is 11.7. The van der Waals surface area contributed by atoms with Gasteiger partial charge in [0, 0.05) is 24.5 Å². The van der Waals surface area contributed by atoms with E-state index >= 15 is 0 Å². The van der Waals surface area contributed by atoms with Crippen molar-refractivity contribution in [3.05, 3.63) is 71.7 Å². The Labute approximate surface area is 112 Å². The maximum Gasteiger partial charge on any atom is 0.0711 e. The molecule has 2 N–H and O–H groups in total. The molecule has 0 bridgehead atoms. The fraction of sp³-hybridized carbons (Fsp3) is 0.133. The van der Waals surface area contributed by atoms with E-state index in [1.54, 1.807) is 12.4 Å². The van der Waals surface area contributed by atoms with Crippen LogP contribution in [-0.2, 0) is 0 Å². The number of hydroxylamine groups is 2. The molecule has 0 aromatic carbocycles. The van der Waals surface area contributed by atoms with E-state index in [0.717, 1.165) is 29.0 Å². The molecular weight excluding hydrogens is 238 g/mol. The van der Waals surface area contributed by atoms with Crippen molar-refractivity contribution in [1.29, 1.82) is 0 Å². The van der Waals surface area contributed by atoms with Crippen LogP contribution >= 0.6 is 0 Å². The minimum Gasteiger partial charge on any atom is -0.387 e. The lowest BCUT2D eigenvalue weighted by Gasteiger charge is -2.26. The average molecular weight is 253 g/mol. The second kappa shape index (κ2) is 5.12. The average Bonchev–Trinajstić information content (AvgIpc) is 2.49. The molecule has 3 heterocycles. The Morgan fingerprint density at radius 1 is 1.21 bits per heavy atom. The van der Waals surface area contributed by atoms with Gasteiger partial charge in [-0.2, -0.15) is 0 Å². The molecule has 2 aliphatic rings. The highest BCUT2D eigenvalue weighted by Gasteiger charge is 2.16. The van der Waals surface area contributed by atoms with Crippen LogP contribution in [0.5, 0.6) is 0 Å². The van der Waals surface area contributed by atoms with E-state index in [1.165, 1.54) is 5.06 Å². The lowest BCUT2D eigenvalue weighted by atomic mass is 9.99. The first-order valence-electron chi connectivity index (χ1n) is 6.23. The van der Waals surface area contributed by atoms with Crippen molar-refractivity contribution in [1.82, 2.24) is 15.4 Å². The summed E-state index contributed by atoms with van der Waals surface area (Å²) in [5.41, 5.74) is 4.02. The fourth-order valence-electron chi connectivity index (χ4n) is 2.21. The topological polar surface area (TPSA) is 48.4 Å². The van der Waals surface area contributed by atoms with Crippen molar-refractivity contribution in [2.75, 3.05) is 13.1 Å². The summed E-state index contributed by atoms with van der Waals surface area (Å²) in [6.45, 7) is 1.32. The van der Waals surface area contributed by atoms with Crippen LogP contribution in [0.1, 0.15) is 5.56 Å². The van der Waals surface area contributed by atoms with Gasteiger partial charge in [0.2, 0.25) is 0 Å². The lowest BCUT2D eigenvalue weighted by Crippen LogP contribution is -2.24. The van der Waals surface area contributed by atoms with E-state index in [2.05, 4.69) is 22.5 Å². The molecule has 96 valence electrons. The minimum absolute atomic E-state index is 0.490. The number of hydrogen-bond donors (Lipinski definition) is 2. The maximum absolute atomic E-state index is 10.2. The number of aromatic nitrogens is 1. The molecule has 0 atom stereocenters. The third-order valence-electron chi connectivity index (χ3n) is 3.21. The third-order valence-corrected chi connectivity index (χ3v) is 3.21. The van der Waals surface area contributed by atoms with Crippen molar-refractivity contribution in [2.24, 2.45) is 0 Å². The predicted octanol–water partition coefficient (Wildman–Crippen LogP) is 2.10. The van der Waals surface area contributed by atoms with Gasteiger partial charge in [-0.1, -0.05) is 12.2 Å². The zero-order valence-corrected chi connectivity index (χ0v) is 10.5. The van der Waals surface area contributed by atoms with Gasteiger partial charge in [0.05, 0.1) is 12.2 Å². The Kier molecular flexibility index (Phi) is 3.16. The Balaban J connectivity index is 1.89. The van der Waals surface area contributed by atoms with Gasteiger partial charge in [0.15, 0.2) is 0 Å². The van der Waals surface area contributed by atoms with Gasteiger partial charge in [0.1, 0.15) is 0 Å². The molecule has 4 nitrogen and oxygen atoms in total. The maximum atomic E-state index is 10.2. The molecule has 3 rings (SSSR count). The van der Waals surface area contributed by atoms with E-state index in [4.69, 9.17) is 0 Å². The van der Waals surface area contributed by atoms with Crippen LogP contribution in [-0.4, -0.2) is 28.3 Å². The van der Waals surface area contributed by atoms with Gasteiger partial charge in [-0.3, -0.25) is 15.3 Å². The first-order chi connectivity index (χ1) is 9.34. The van der Waals surface area contributed by atoms with Gasteiger partial charge >= 0.3 is 0 Å². The fourth-order valence-corrected chi connectivity index (χ4v) is 2.21. The molecule has 1 aromatic heterocycles. The van der Waals surface area contributed by atoms with Gasteiger partial charge in [-0.15, -0.1) is 0 Å². The summed E-state index contributed by atoms with van der Waals surface area (Å²) in [5, 5.41) is 14.6. The first-order valence-corrected chi connectivity index (χ1v) is 6.23. The number of dihydropyridines is 1. The van der Waals surface area contributed by atoms with Crippen molar-refractivity contribution >= 4 is 5.70 Å². The van der Waals surface area contributed by atoms with E-state index in [0.29, 0.717) is 6.54 Å². The zero-order chi connectivity index (χ0) is 13.1. The van der Waals surface area contributed by atoms with Crippen LogP contribution < -0.4 is 5.32 Å². The Hall–Kier alpha value is -2.33. The lowest BCUT2D eigenvalue weighted by molar-refractivity contribution is -0.0186. The molecule has 19 heavy (non-hydrogen) atoms. The van der Waals surface area contributed by atoms with Crippen molar-refractivity contribution in [3.8, 4) is 0 Å². The molecule has 0 fully saturated rings. The number of pyridine rings is 1. The second-order valence-electron chi connectivity index (χ2n) is 4.44. The van der Waals surface area contributed by atoms with Gasteiger partial charge < -0.3 is 5.32 Å². The Morgan fingerprint density at radius 3 is 2.74 bits per heavy atom. The minimum atomic E-state index is 0.490. The van der Waals surface area contributed by atoms with Gasteiger partial charge in [0.25, 0.3) is 0 Å².